The van der Waals surface area contributed by atoms with E-state index in [0.29, 0.717) is 0 Å². The Kier molecular flexibility index (Phi) is 9.33. The van der Waals surface area contributed by atoms with E-state index >= 15 is 0 Å². The predicted molar refractivity (Wildman–Crippen MR) is 124 cm³/mol. The Balaban J connectivity index is 1.37. The van der Waals surface area contributed by atoms with Crippen molar-refractivity contribution in [1.29, 1.82) is 5.26 Å². The van der Waals surface area contributed by atoms with Crippen LogP contribution in [0.25, 0.3) is 0 Å². The third-order valence-electron chi connectivity index (χ3n) is 7.78. The van der Waals surface area contributed by atoms with Gasteiger partial charge in [0.25, 0.3) is 0 Å². The number of nitrogens with zero attached hydrogens (tertiary/aromatic N) is 1. The van der Waals surface area contributed by atoms with E-state index in [1.807, 2.05) is 6.08 Å². The van der Waals surface area contributed by atoms with Crippen LogP contribution < -0.4 is 0 Å². The molecule has 0 unspecified atom stereocenters. The summed E-state index contributed by atoms with van der Waals surface area (Å²) in [6, 6.07) is 11.7. The van der Waals surface area contributed by atoms with E-state index in [1.54, 1.807) is 11.6 Å². The molecule has 2 aliphatic carbocycles. The number of hydrogen-bond acceptors (Lipinski definition) is 1. The van der Waals surface area contributed by atoms with Crippen molar-refractivity contribution in [3.8, 4) is 6.07 Å². The van der Waals surface area contributed by atoms with Crippen molar-refractivity contribution in [2.24, 2.45) is 17.8 Å². The maximum atomic E-state index is 8.59. The third-order valence-corrected chi connectivity index (χ3v) is 7.78. The highest BCUT2D eigenvalue weighted by Gasteiger charge is 2.31. The molecule has 0 bridgehead atoms. The summed E-state index contributed by atoms with van der Waals surface area (Å²) in [5.41, 5.74) is 3.12. The topological polar surface area (TPSA) is 23.8 Å². The average molecular weight is 392 g/mol. The predicted octanol–water partition coefficient (Wildman–Crippen LogP) is 8.36. The monoisotopic (exact) mass is 391 g/mol. The van der Waals surface area contributed by atoms with E-state index in [-0.39, 0.29) is 0 Å². The maximum Gasteiger partial charge on any atom is 0.0908 e. The van der Waals surface area contributed by atoms with Gasteiger partial charge in [0, 0.05) is 6.08 Å². The van der Waals surface area contributed by atoms with Crippen LogP contribution in [0.3, 0.4) is 0 Å². The molecule has 1 heteroatoms. The van der Waals surface area contributed by atoms with Gasteiger partial charge in [-0.05, 0) is 99.0 Å². The minimum atomic E-state index is 0.805. The van der Waals surface area contributed by atoms with E-state index in [9.17, 15) is 0 Å². The average Bonchev–Trinajstić information content (AvgIpc) is 2.78. The van der Waals surface area contributed by atoms with Crippen LogP contribution in [0, 0.1) is 29.1 Å². The number of rotatable bonds is 9. The van der Waals surface area contributed by atoms with Gasteiger partial charge in [-0.25, -0.2) is 0 Å². The SMILES string of the molecule is CCCCCc1ccc([C@H]2CC[C@H](C3CCC(CC/C=C/C#N)CC3)CC2)cc1. The van der Waals surface area contributed by atoms with Crippen LogP contribution in [0.2, 0.25) is 0 Å². The number of hydrogen-bond donors (Lipinski definition) is 0. The standard InChI is InChI=1S/C28H41N/c1-2-3-5-8-23-10-14-25(15-11-23)27-18-20-28(21-19-27)26-16-12-24(13-17-26)9-6-4-7-22-29/h4,7,10-11,14-15,24,26-28H,2-3,5-6,8-9,12-13,16-21H2,1H3/b7-4+/t24?,26?,27-,28-. The fourth-order valence-corrected chi connectivity index (χ4v) is 5.88. The Bertz CT molecular complexity index is 634. The molecule has 1 aromatic rings. The number of nitriles is 1. The molecule has 0 aliphatic heterocycles. The Labute approximate surface area is 179 Å². The Hall–Kier alpha value is -1.55. The second kappa shape index (κ2) is 12.2. The molecule has 0 aromatic heterocycles. The van der Waals surface area contributed by atoms with Gasteiger partial charge in [-0.1, -0.05) is 62.9 Å². The van der Waals surface area contributed by atoms with Gasteiger partial charge < -0.3 is 0 Å². The summed E-state index contributed by atoms with van der Waals surface area (Å²) in [5.74, 6) is 3.68. The lowest BCUT2D eigenvalue weighted by Gasteiger charge is -2.38. The summed E-state index contributed by atoms with van der Waals surface area (Å²) in [6.07, 6.45) is 22.8. The molecule has 2 fully saturated rings. The van der Waals surface area contributed by atoms with E-state index in [4.69, 9.17) is 5.26 Å². The van der Waals surface area contributed by atoms with Gasteiger partial charge in [0.05, 0.1) is 6.07 Å². The third kappa shape index (κ3) is 7.02. The van der Waals surface area contributed by atoms with Crippen LogP contribution in [0.5, 0.6) is 0 Å². The van der Waals surface area contributed by atoms with Crippen molar-refractivity contribution in [2.45, 2.75) is 103 Å². The van der Waals surface area contributed by atoms with Crippen molar-refractivity contribution >= 4 is 0 Å². The quantitative estimate of drug-likeness (QED) is 0.306. The molecule has 2 aliphatic rings. The van der Waals surface area contributed by atoms with Crippen molar-refractivity contribution in [3.05, 3.63) is 47.5 Å². The zero-order valence-electron chi connectivity index (χ0n) is 18.6. The minimum absolute atomic E-state index is 0.805. The number of benzene rings is 1. The summed E-state index contributed by atoms with van der Waals surface area (Å²) in [7, 11) is 0. The van der Waals surface area contributed by atoms with Crippen molar-refractivity contribution in [3.63, 3.8) is 0 Å². The Morgan fingerprint density at radius 2 is 1.55 bits per heavy atom. The normalized spacial score (nSPS) is 27.7. The van der Waals surface area contributed by atoms with Gasteiger partial charge in [-0.2, -0.15) is 5.26 Å². The van der Waals surface area contributed by atoms with Crippen LogP contribution >= 0.6 is 0 Å². The van der Waals surface area contributed by atoms with Crippen LogP contribution in [-0.2, 0) is 6.42 Å². The first-order chi connectivity index (χ1) is 14.3. The van der Waals surface area contributed by atoms with Gasteiger partial charge in [-0.3, -0.25) is 0 Å². The smallest absolute Gasteiger partial charge is 0.0908 e. The summed E-state index contributed by atoms with van der Waals surface area (Å²) in [4.78, 5) is 0. The first-order valence-electron chi connectivity index (χ1n) is 12.4. The van der Waals surface area contributed by atoms with Gasteiger partial charge in [-0.15, -0.1) is 0 Å². The van der Waals surface area contributed by atoms with E-state index in [2.05, 4.69) is 37.3 Å². The van der Waals surface area contributed by atoms with Gasteiger partial charge in [0.1, 0.15) is 0 Å². The number of allylic oxidation sites excluding steroid dienone is 2. The summed E-state index contributed by atoms with van der Waals surface area (Å²) >= 11 is 0. The fourth-order valence-electron chi connectivity index (χ4n) is 5.88. The first kappa shape index (κ1) is 22.1. The summed E-state index contributed by atoms with van der Waals surface area (Å²) < 4.78 is 0. The molecule has 1 aromatic carbocycles. The zero-order chi connectivity index (χ0) is 20.3. The molecule has 29 heavy (non-hydrogen) atoms. The zero-order valence-corrected chi connectivity index (χ0v) is 18.6. The molecule has 0 atom stereocenters. The molecule has 2 saturated carbocycles. The van der Waals surface area contributed by atoms with Gasteiger partial charge in [0.2, 0.25) is 0 Å². The van der Waals surface area contributed by atoms with Gasteiger partial charge in [0.15, 0.2) is 0 Å². The highest BCUT2D eigenvalue weighted by Crippen LogP contribution is 2.44. The second-order valence-electron chi connectivity index (χ2n) is 9.70. The van der Waals surface area contributed by atoms with Crippen LogP contribution in [0.1, 0.15) is 107 Å². The Morgan fingerprint density at radius 3 is 2.17 bits per heavy atom. The summed E-state index contributed by atoms with van der Waals surface area (Å²) in [5, 5.41) is 8.59. The molecule has 158 valence electrons. The molecule has 0 radical (unpaired) electrons. The number of aryl methyl sites for hydroxylation is 1. The lowest BCUT2D eigenvalue weighted by Crippen LogP contribution is -2.25. The van der Waals surface area contributed by atoms with E-state index in [0.717, 1.165) is 30.1 Å². The molecule has 1 nitrogen and oxygen atoms in total. The molecule has 0 heterocycles. The summed E-state index contributed by atoms with van der Waals surface area (Å²) in [6.45, 7) is 2.28. The minimum Gasteiger partial charge on any atom is -0.193 e. The van der Waals surface area contributed by atoms with Crippen molar-refractivity contribution in [2.75, 3.05) is 0 Å². The number of unbranched alkanes of at least 4 members (excludes halogenated alkanes) is 2. The Morgan fingerprint density at radius 1 is 0.897 bits per heavy atom. The largest absolute Gasteiger partial charge is 0.193 e. The first-order valence-corrected chi connectivity index (χ1v) is 12.4. The molecule has 0 N–H and O–H groups in total. The maximum absolute atomic E-state index is 8.59. The highest BCUT2D eigenvalue weighted by molar-refractivity contribution is 5.26. The lowest BCUT2D eigenvalue weighted by molar-refractivity contribution is 0.157. The van der Waals surface area contributed by atoms with Crippen LogP contribution in [0.15, 0.2) is 36.4 Å². The molecule has 0 spiro atoms. The molecular weight excluding hydrogens is 350 g/mol. The second-order valence-corrected chi connectivity index (χ2v) is 9.70. The van der Waals surface area contributed by atoms with Crippen molar-refractivity contribution < 1.29 is 0 Å². The van der Waals surface area contributed by atoms with Crippen LogP contribution in [0.4, 0.5) is 0 Å². The van der Waals surface area contributed by atoms with Gasteiger partial charge >= 0.3 is 0 Å². The molecule has 0 amide bonds. The molecule has 0 saturated heterocycles. The lowest BCUT2D eigenvalue weighted by atomic mass is 9.68. The molecule has 3 rings (SSSR count). The van der Waals surface area contributed by atoms with E-state index < -0.39 is 0 Å². The fraction of sp³-hybridized carbons (Fsp3) is 0.679. The van der Waals surface area contributed by atoms with Crippen molar-refractivity contribution in [1.82, 2.24) is 0 Å². The van der Waals surface area contributed by atoms with E-state index in [1.165, 1.54) is 89.0 Å². The molecular formula is C28H41N. The van der Waals surface area contributed by atoms with Crippen LogP contribution in [-0.4, -0.2) is 0 Å². The highest BCUT2D eigenvalue weighted by atomic mass is 14.4.